The molecule has 0 unspecified atom stereocenters. The van der Waals surface area contributed by atoms with E-state index < -0.39 is 5.54 Å². The van der Waals surface area contributed by atoms with E-state index in [0.29, 0.717) is 57.1 Å². The van der Waals surface area contributed by atoms with Gasteiger partial charge in [-0.1, -0.05) is 37.6 Å². The number of nitrogens with one attached hydrogen (secondary N) is 1. The maximum Gasteiger partial charge on any atom is 0.250 e. The predicted octanol–water partition coefficient (Wildman–Crippen LogP) is 2.89. The number of benzene rings is 2. The highest BCUT2D eigenvalue weighted by Gasteiger charge is 2.54. The van der Waals surface area contributed by atoms with Gasteiger partial charge in [0.05, 0.1) is 6.67 Å². The molecule has 2 aromatic rings. The van der Waals surface area contributed by atoms with Crippen LogP contribution in [0.5, 0.6) is 11.5 Å². The second-order valence-electron chi connectivity index (χ2n) is 9.89. The van der Waals surface area contributed by atoms with Gasteiger partial charge in [-0.25, -0.2) is 0 Å². The molecule has 1 spiro atoms. The lowest BCUT2D eigenvalue weighted by atomic mass is 9.85. The summed E-state index contributed by atoms with van der Waals surface area (Å²) in [6.07, 6.45) is 3.51. The SMILES string of the molecule is CCCCC(=O)N1CCC2(CC1)C(=O)N(CC(=O)NCc1ccc3c(c1)OCO3)CN2c1ccccc1. The van der Waals surface area contributed by atoms with Crippen LogP contribution in [0.15, 0.2) is 48.5 Å². The fraction of sp³-hybridized carbons (Fsp3) is 0.464. The van der Waals surface area contributed by atoms with Gasteiger partial charge in [0.2, 0.25) is 18.6 Å². The van der Waals surface area contributed by atoms with Crippen molar-refractivity contribution in [2.45, 2.75) is 51.1 Å². The number of anilines is 1. The smallest absolute Gasteiger partial charge is 0.250 e. The Bertz CT molecular complexity index is 1150. The second-order valence-corrected chi connectivity index (χ2v) is 9.89. The van der Waals surface area contributed by atoms with Crippen LogP contribution in [0.1, 0.15) is 44.6 Å². The number of amides is 3. The van der Waals surface area contributed by atoms with Gasteiger partial charge in [-0.05, 0) is 49.1 Å². The monoisotopic (exact) mass is 506 g/mol. The Kier molecular flexibility index (Phi) is 7.21. The number of ether oxygens (including phenoxy) is 2. The standard InChI is InChI=1S/C28H34N4O5/c1-2-3-9-26(34)30-14-12-28(13-15-30)27(35)31(19-32(28)22-7-5-4-6-8-22)18-25(33)29-17-21-10-11-23-24(16-21)37-20-36-23/h4-8,10-11,16H,2-3,9,12-15,17-20H2,1H3,(H,29,33). The van der Waals surface area contributed by atoms with Gasteiger partial charge in [-0.15, -0.1) is 0 Å². The molecule has 37 heavy (non-hydrogen) atoms. The number of hydrogen-bond acceptors (Lipinski definition) is 6. The molecule has 0 aliphatic carbocycles. The van der Waals surface area contributed by atoms with Gasteiger partial charge in [0, 0.05) is 31.7 Å². The average molecular weight is 507 g/mol. The molecule has 0 saturated carbocycles. The number of nitrogens with zero attached hydrogens (tertiary/aromatic N) is 3. The van der Waals surface area contributed by atoms with Crippen molar-refractivity contribution in [3.63, 3.8) is 0 Å². The van der Waals surface area contributed by atoms with Crippen molar-refractivity contribution in [3.8, 4) is 11.5 Å². The Hall–Kier alpha value is -3.75. The summed E-state index contributed by atoms with van der Waals surface area (Å²) >= 11 is 0. The number of rotatable bonds is 8. The fourth-order valence-electron chi connectivity index (χ4n) is 5.42. The predicted molar refractivity (Wildman–Crippen MR) is 138 cm³/mol. The van der Waals surface area contributed by atoms with Crippen LogP contribution in [0, 0.1) is 0 Å². The molecule has 2 aromatic carbocycles. The molecule has 0 bridgehead atoms. The lowest BCUT2D eigenvalue weighted by Crippen LogP contribution is -2.57. The molecule has 3 aliphatic heterocycles. The fourth-order valence-corrected chi connectivity index (χ4v) is 5.42. The lowest BCUT2D eigenvalue weighted by Gasteiger charge is -2.43. The molecule has 196 valence electrons. The van der Waals surface area contributed by atoms with Crippen LogP contribution in [-0.2, 0) is 20.9 Å². The number of fused-ring (bicyclic) bond motifs is 1. The van der Waals surface area contributed by atoms with E-state index in [4.69, 9.17) is 9.47 Å². The van der Waals surface area contributed by atoms with Crippen LogP contribution in [0.3, 0.4) is 0 Å². The van der Waals surface area contributed by atoms with Crippen molar-refractivity contribution < 1.29 is 23.9 Å². The van der Waals surface area contributed by atoms with E-state index in [-0.39, 0.29) is 31.1 Å². The zero-order valence-corrected chi connectivity index (χ0v) is 21.3. The third-order valence-corrected chi connectivity index (χ3v) is 7.53. The Labute approximate surface area is 217 Å². The Balaban J connectivity index is 1.25. The van der Waals surface area contributed by atoms with Crippen molar-refractivity contribution in [1.82, 2.24) is 15.1 Å². The maximum atomic E-state index is 13.8. The quantitative estimate of drug-likeness (QED) is 0.592. The molecule has 3 aliphatic rings. The number of piperidine rings is 1. The first-order valence-electron chi connectivity index (χ1n) is 13.1. The molecular formula is C28H34N4O5. The minimum absolute atomic E-state index is 0.0202. The maximum absolute atomic E-state index is 13.8. The van der Waals surface area contributed by atoms with Crippen LogP contribution in [0.2, 0.25) is 0 Å². The first-order chi connectivity index (χ1) is 18.0. The molecule has 5 rings (SSSR count). The number of unbranched alkanes of at least 4 members (excludes halogenated alkanes) is 1. The molecule has 9 nitrogen and oxygen atoms in total. The Morgan fingerprint density at radius 1 is 1.03 bits per heavy atom. The molecule has 9 heteroatoms. The summed E-state index contributed by atoms with van der Waals surface area (Å²) in [6, 6.07) is 15.4. The van der Waals surface area contributed by atoms with Crippen molar-refractivity contribution in [2.24, 2.45) is 0 Å². The first-order valence-corrected chi connectivity index (χ1v) is 13.1. The van der Waals surface area contributed by atoms with Crippen LogP contribution in [0.4, 0.5) is 5.69 Å². The van der Waals surface area contributed by atoms with Gasteiger partial charge in [0.25, 0.3) is 5.91 Å². The Morgan fingerprint density at radius 3 is 2.54 bits per heavy atom. The Morgan fingerprint density at radius 2 is 1.78 bits per heavy atom. The summed E-state index contributed by atoms with van der Waals surface area (Å²) in [5, 5.41) is 2.92. The molecule has 0 aromatic heterocycles. The van der Waals surface area contributed by atoms with Crippen LogP contribution in [-0.4, -0.2) is 66.2 Å². The first kappa shape index (κ1) is 24.9. The number of para-hydroxylation sites is 1. The molecular weight excluding hydrogens is 472 g/mol. The van der Waals surface area contributed by atoms with Crippen molar-refractivity contribution in [2.75, 3.05) is 38.0 Å². The highest BCUT2D eigenvalue weighted by Crippen LogP contribution is 2.39. The van der Waals surface area contributed by atoms with Gasteiger partial charge in [-0.3, -0.25) is 14.4 Å². The third kappa shape index (κ3) is 5.08. The molecule has 3 heterocycles. The van der Waals surface area contributed by atoms with E-state index >= 15 is 0 Å². The number of likely N-dealkylation sites (tertiary alicyclic amines) is 1. The average Bonchev–Trinajstić information content (AvgIpc) is 3.50. The van der Waals surface area contributed by atoms with Crippen molar-refractivity contribution in [1.29, 1.82) is 0 Å². The van der Waals surface area contributed by atoms with E-state index in [1.54, 1.807) is 4.90 Å². The molecule has 2 fully saturated rings. The summed E-state index contributed by atoms with van der Waals surface area (Å²) in [5.41, 5.74) is 1.10. The molecule has 0 atom stereocenters. The highest BCUT2D eigenvalue weighted by molar-refractivity contribution is 5.96. The minimum Gasteiger partial charge on any atom is -0.454 e. The van der Waals surface area contributed by atoms with E-state index in [1.165, 1.54) is 0 Å². The summed E-state index contributed by atoms with van der Waals surface area (Å²) in [4.78, 5) is 44.9. The van der Waals surface area contributed by atoms with E-state index in [9.17, 15) is 14.4 Å². The van der Waals surface area contributed by atoms with Gasteiger partial charge >= 0.3 is 0 Å². The molecule has 2 saturated heterocycles. The zero-order valence-electron chi connectivity index (χ0n) is 21.3. The van der Waals surface area contributed by atoms with Gasteiger partial charge < -0.3 is 29.5 Å². The summed E-state index contributed by atoms with van der Waals surface area (Å²) in [6.45, 7) is 4.01. The number of carbonyl (C=O) groups excluding carboxylic acids is 3. The number of hydrogen-bond donors (Lipinski definition) is 1. The normalized spacial score (nSPS) is 18.0. The zero-order chi connectivity index (χ0) is 25.8. The molecule has 3 amide bonds. The van der Waals surface area contributed by atoms with Gasteiger partial charge in [0.1, 0.15) is 12.1 Å². The lowest BCUT2D eigenvalue weighted by molar-refractivity contribution is -0.140. The van der Waals surface area contributed by atoms with Crippen molar-refractivity contribution >= 4 is 23.4 Å². The van der Waals surface area contributed by atoms with E-state index in [0.717, 1.165) is 24.1 Å². The van der Waals surface area contributed by atoms with Gasteiger partial charge in [0.15, 0.2) is 11.5 Å². The summed E-state index contributed by atoms with van der Waals surface area (Å²) in [7, 11) is 0. The summed E-state index contributed by atoms with van der Waals surface area (Å²) in [5.74, 6) is 1.26. The van der Waals surface area contributed by atoms with E-state index in [2.05, 4.69) is 17.1 Å². The molecule has 1 N–H and O–H groups in total. The topological polar surface area (TPSA) is 91.4 Å². The minimum atomic E-state index is -0.750. The summed E-state index contributed by atoms with van der Waals surface area (Å²) < 4.78 is 10.7. The number of carbonyl (C=O) groups is 3. The van der Waals surface area contributed by atoms with Crippen LogP contribution >= 0.6 is 0 Å². The van der Waals surface area contributed by atoms with Crippen LogP contribution in [0.25, 0.3) is 0 Å². The second kappa shape index (κ2) is 10.7. The largest absolute Gasteiger partial charge is 0.454 e. The van der Waals surface area contributed by atoms with E-state index in [1.807, 2.05) is 53.4 Å². The third-order valence-electron chi connectivity index (χ3n) is 7.53. The van der Waals surface area contributed by atoms with Gasteiger partial charge in [-0.2, -0.15) is 0 Å². The highest BCUT2D eigenvalue weighted by atomic mass is 16.7. The van der Waals surface area contributed by atoms with Crippen LogP contribution < -0.4 is 19.7 Å². The van der Waals surface area contributed by atoms with Crippen molar-refractivity contribution in [3.05, 3.63) is 54.1 Å². The molecule has 0 radical (unpaired) electrons.